The van der Waals surface area contributed by atoms with Gasteiger partial charge in [0, 0.05) is 9.92 Å². The third kappa shape index (κ3) is 5.30. The SMILES string of the molecule is N#CCSc1ccccc1NC(=O)COC(=O)c1cccc(Cl)c1. The molecular weight excluding hydrogens is 348 g/mol. The molecule has 0 aromatic heterocycles. The van der Waals surface area contributed by atoms with E-state index in [1.165, 1.54) is 17.8 Å². The minimum atomic E-state index is -0.625. The molecule has 0 aliphatic heterocycles. The van der Waals surface area contributed by atoms with Crippen molar-refractivity contribution in [2.24, 2.45) is 0 Å². The number of halogens is 1. The molecule has 0 unspecified atom stereocenters. The predicted octanol–water partition coefficient (Wildman–Crippen LogP) is 3.75. The molecule has 0 radical (unpaired) electrons. The van der Waals surface area contributed by atoms with Crippen molar-refractivity contribution in [3.05, 3.63) is 59.1 Å². The molecule has 1 amide bonds. The largest absolute Gasteiger partial charge is 0.452 e. The average Bonchev–Trinajstić information content (AvgIpc) is 2.59. The number of ether oxygens (including phenoxy) is 1. The van der Waals surface area contributed by atoms with Gasteiger partial charge in [0.05, 0.1) is 23.1 Å². The van der Waals surface area contributed by atoms with Gasteiger partial charge in [-0.25, -0.2) is 4.79 Å². The Bertz CT molecular complexity index is 789. The van der Waals surface area contributed by atoms with Gasteiger partial charge in [-0.15, -0.1) is 11.8 Å². The lowest BCUT2D eigenvalue weighted by molar-refractivity contribution is -0.119. The first-order chi connectivity index (χ1) is 11.6. The van der Waals surface area contributed by atoms with Gasteiger partial charge < -0.3 is 10.1 Å². The highest BCUT2D eigenvalue weighted by Gasteiger charge is 2.12. The van der Waals surface area contributed by atoms with Gasteiger partial charge in [0.15, 0.2) is 6.61 Å². The second-order valence-electron chi connectivity index (χ2n) is 4.58. The summed E-state index contributed by atoms with van der Waals surface area (Å²) in [5, 5.41) is 11.7. The number of benzene rings is 2. The fourth-order valence-electron chi connectivity index (χ4n) is 1.82. The molecule has 5 nitrogen and oxygen atoms in total. The van der Waals surface area contributed by atoms with Gasteiger partial charge in [-0.2, -0.15) is 5.26 Å². The van der Waals surface area contributed by atoms with Gasteiger partial charge >= 0.3 is 5.97 Å². The number of nitrogens with zero attached hydrogens (tertiary/aromatic N) is 1. The van der Waals surface area contributed by atoms with Crippen molar-refractivity contribution < 1.29 is 14.3 Å². The van der Waals surface area contributed by atoms with Crippen LogP contribution >= 0.6 is 23.4 Å². The Kier molecular flexibility index (Phi) is 6.67. The number of amides is 1. The Labute approximate surface area is 148 Å². The molecule has 2 rings (SSSR count). The van der Waals surface area contributed by atoms with Crippen LogP contribution in [0.1, 0.15) is 10.4 Å². The van der Waals surface area contributed by atoms with Crippen LogP contribution in [0.2, 0.25) is 5.02 Å². The van der Waals surface area contributed by atoms with E-state index >= 15 is 0 Å². The van der Waals surface area contributed by atoms with Crippen molar-refractivity contribution in [1.29, 1.82) is 5.26 Å². The van der Waals surface area contributed by atoms with E-state index in [0.717, 1.165) is 4.90 Å². The van der Waals surface area contributed by atoms with Crippen LogP contribution in [0.5, 0.6) is 0 Å². The summed E-state index contributed by atoms with van der Waals surface area (Å²) in [6.07, 6.45) is 0. The Balaban J connectivity index is 1.92. The first-order valence-electron chi connectivity index (χ1n) is 6.91. The molecule has 0 saturated heterocycles. The fourth-order valence-corrected chi connectivity index (χ4v) is 2.68. The standard InChI is InChI=1S/C17H13ClN2O3S/c18-13-5-3-4-12(10-13)17(22)23-11-16(21)20-14-6-1-2-7-15(14)24-9-8-19/h1-7,10H,9,11H2,(H,20,21). The lowest BCUT2D eigenvalue weighted by atomic mass is 10.2. The van der Waals surface area contributed by atoms with E-state index in [0.29, 0.717) is 10.7 Å². The molecule has 7 heteroatoms. The maximum Gasteiger partial charge on any atom is 0.338 e. The van der Waals surface area contributed by atoms with Crippen LogP contribution in [0.15, 0.2) is 53.4 Å². The number of anilines is 1. The van der Waals surface area contributed by atoms with Crippen molar-refractivity contribution in [1.82, 2.24) is 0 Å². The minimum absolute atomic E-state index is 0.274. The first-order valence-corrected chi connectivity index (χ1v) is 8.28. The van der Waals surface area contributed by atoms with E-state index in [2.05, 4.69) is 5.32 Å². The highest BCUT2D eigenvalue weighted by Crippen LogP contribution is 2.26. The van der Waals surface area contributed by atoms with Crippen molar-refractivity contribution in [3.8, 4) is 6.07 Å². The lowest BCUT2D eigenvalue weighted by Gasteiger charge is -2.10. The normalized spacial score (nSPS) is 9.83. The highest BCUT2D eigenvalue weighted by molar-refractivity contribution is 7.99. The summed E-state index contributed by atoms with van der Waals surface area (Å²) in [5.41, 5.74) is 0.849. The summed E-state index contributed by atoms with van der Waals surface area (Å²) in [6, 6.07) is 15.4. The van der Waals surface area contributed by atoms with Crippen LogP contribution in [0.3, 0.4) is 0 Å². The highest BCUT2D eigenvalue weighted by atomic mass is 35.5. The maximum absolute atomic E-state index is 12.0. The summed E-state index contributed by atoms with van der Waals surface area (Å²) in [5.74, 6) is -0.813. The van der Waals surface area contributed by atoms with Gasteiger partial charge in [-0.3, -0.25) is 4.79 Å². The summed E-state index contributed by atoms with van der Waals surface area (Å²) in [4.78, 5) is 24.6. The predicted molar refractivity (Wildman–Crippen MR) is 93.1 cm³/mol. The summed E-state index contributed by atoms with van der Waals surface area (Å²) >= 11 is 7.12. The van der Waals surface area contributed by atoms with Crippen LogP contribution in [0, 0.1) is 11.3 Å². The third-order valence-corrected chi connectivity index (χ3v) is 4.02. The van der Waals surface area contributed by atoms with Crippen LogP contribution in [0.4, 0.5) is 5.69 Å². The van der Waals surface area contributed by atoms with Crippen molar-refractivity contribution in [2.75, 3.05) is 17.7 Å². The van der Waals surface area contributed by atoms with Gasteiger partial charge in [0.1, 0.15) is 0 Å². The molecule has 0 fully saturated rings. The third-order valence-electron chi connectivity index (χ3n) is 2.85. The zero-order valence-electron chi connectivity index (χ0n) is 12.5. The van der Waals surface area contributed by atoms with E-state index in [4.69, 9.17) is 21.6 Å². The average molecular weight is 361 g/mol. The molecule has 0 saturated carbocycles. The summed E-state index contributed by atoms with van der Waals surface area (Å²) < 4.78 is 4.97. The van der Waals surface area contributed by atoms with Crippen molar-refractivity contribution in [3.63, 3.8) is 0 Å². The van der Waals surface area contributed by atoms with Crippen LogP contribution in [0.25, 0.3) is 0 Å². The number of carbonyl (C=O) groups is 2. The monoisotopic (exact) mass is 360 g/mol. The van der Waals surface area contributed by atoms with Crippen molar-refractivity contribution >= 4 is 40.9 Å². The van der Waals surface area contributed by atoms with Crippen LogP contribution in [-0.4, -0.2) is 24.2 Å². The van der Waals surface area contributed by atoms with Gasteiger partial charge in [0.25, 0.3) is 5.91 Å². The molecule has 0 bridgehead atoms. The van der Waals surface area contributed by atoms with E-state index in [1.54, 1.807) is 36.4 Å². The second-order valence-corrected chi connectivity index (χ2v) is 6.03. The first kappa shape index (κ1) is 17.9. The number of rotatable bonds is 6. The van der Waals surface area contributed by atoms with E-state index in [1.807, 2.05) is 12.1 Å². The molecule has 0 aliphatic carbocycles. The molecule has 0 atom stereocenters. The molecule has 2 aromatic carbocycles. The topological polar surface area (TPSA) is 79.2 Å². The molecule has 0 heterocycles. The number of hydrogen-bond donors (Lipinski definition) is 1. The van der Waals surface area contributed by atoms with Crippen LogP contribution < -0.4 is 5.32 Å². The Morgan fingerprint density at radius 1 is 1.21 bits per heavy atom. The van der Waals surface area contributed by atoms with E-state index in [9.17, 15) is 9.59 Å². The summed E-state index contributed by atoms with van der Waals surface area (Å²) in [6.45, 7) is -0.414. The zero-order valence-corrected chi connectivity index (χ0v) is 14.1. The van der Waals surface area contributed by atoms with Gasteiger partial charge in [-0.1, -0.05) is 29.8 Å². The van der Waals surface area contributed by atoms with E-state index < -0.39 is 18.5 Å². The number of nitrogens with one attached hydrogen (secondary N) is 1. The van der Waals surface area contributed by atoms with E-state index in [-0.39, 0.29) is 11.3 Å². The zero-order chi connectivity index (χ0) is 17.4. The van der Waals surface area contributed by atoms with Gasteiger partial charge in [0.2, 0.25) is 0 Å². The number of nitriles is 1. The Hall–Kier alpha value is -2.49. The molecule has 0 spiro atoms. The summed E-state index contributed by atoms with van der Waals surface area (Å²) in [7, 11) is 0. The molecule has 1 N–H and O–H groups in total. The molecule has 2 aromatic rings. The molecule has 24 heavy (non-hydrogen) atoms. The number of carbonyl (C=O) groups excluding carboxylic acids is 2. The number of para-hydroxylation sites is 1. The second kappa shape index (κ2) is 8.96. The van der Waals surface area contributed by atoms with Crippen molar-refractivity contribution in [2.45, 2.75) is 4.90 Å². The quantitative estimate of drug-likeness (QED) is 0.627. The fraction of sp³-hybridized carbons (Fsp3) is 0.118. The van der Waals surface area contributed by atoms with Crippen LogP contribution in [-0.2, 0) is 9.53 Å². The lowest BCUT2D eigenvalue weighted by Crippen LogP contribution is -2.21. The molecule has 0 aliphatic rings. The molecular formula is C17H13ClN2O3S. The number of esters is 1. The minimum Gasteiger partial charge on any atom is -0.452 e. The maximum atomic E-state index is 12.0. The molecule has 122 valence electrons. The Morgan fingerprint density at radius 3 is 2.75 bits per heavy atom. The van der Waals surface area contributed by atoms with Gasteiger partial charge in [-0.05, 0) is 30.3 Å². The smallest absolute Gasteiger partial charge is 0.338 e. The Morgan fingerprint density at radius 2 is 2.00 bits per heavy atom. The number of thioether (sulfide) groups is 1. The number of hydrogen-bond acceptors (Lipinski definition) is 5.